The summed E-state index contributed by atoms with van der Waals surface area (Å²) in [6, 6.07) is 0.376. The molecule has 0 aromatic heterocycles. The van der Waals surface area contributed by atoms with Crippen LogP contribution in [-0.2, 0) is 0 Å². The lowest BCUT2D eigenvalue weighted by atomic mass is 9.94. The van der Waals surface area contributed by atoms with Crippen LogP contribution in [0.3, 0.4) is 0 Å². The Kier molecular flexibility index (Phi) is 1.92. The quantitative estimate of drug-likeness (QED) is 0.525. The Balaban J connectivity index is 1.96. The number of carbonyl (C=O) groups is 1. The molecule has 2 heterocycles. The van der Waals surface area contributed by atoms with E-state index >= 15 is 0 Å². The monoisotopic (exact) mass is 169 g/mol. The second-order valence-electron chi connectivity index (χ2n) is 3.68. The summed E-state index contributed by atoms with van der Waals surface area (Å²) in [4.78, 5) is 12.6. The number of carbonyl (C=O) groups excluding carboxylic acids is 1. The zero-order valence-corrected chi connectivity index (χ0v) is 7.12. The first-order valence-corrected chi connectivity index (χ1v) is 4.55. The predicted molar refractivity (Wildman–Crippen MR) is 45.7 cm³/mol. The first kappa shape index (κ1) is 7.86. The maximum Gasteiger partial charge on any atom is 0.314 e. The molecule has 2 rings (SSSR count). The Hall–Kier alpha value is -0.770. The van der Waals surface area contributed by atoms with Gasteiger partial charge in [0.05, 0.1) is 0 Å². The van der Waals surface area contributed by atoms with E-state index in [0.717, 1.165) is 26.1 Å². The van der Waals surface area contributed by atoms with Crippen molar-refractivity contribution in [1.82, 2.24) is 10.2 Å². The number of hydrogen-bond donors (Lipinski definition) is 2. The molecule has 0 aromatic rings. The van der Waals surface area contributed by atoms with Crippen LogP contribution < -0.4 is 11.1 Å². The van der Waals surface area contributed by atoms with Crippen molar-refractivity contribution in [2.75, 3.05) is 19.6 Å². The molecule has 2 atom stereocenters. The van der Waals surface area contributed by atoms with Gasteiger partial charge in [0.2, 0.25) is 0 Å². The van der Waals surface area contributed by atoms with Crippen LogP contribution in [-0.4, -0.2) is 36.6 Å². The van der Waals surface area contributed by atoms with E-state index in [2.05, 4.69) is 5.32 Å². The van der Waals surface area contributed by atoms with Gasteiger partial charge in [-0.2, -0.15) is 0 Å². The number of nitrogens with zero attached hydrogens (tertiary/aromatic N) is 1. The smallest absolute Gasteiger partial charge is 0.314 e. The van der Waals surface area contributed by atoms with E-state index in [4.69, 9.17) is 5.73 Å². The Morgan fingerprint density at radius 2 is 2.33 bits per heavy atom. The molecule has 2 unspecified atom stereocenters. The highest BCUT2D eigenvalue weighted by Crippen LogP contribution is 2.23. The molecule has 0 aliphatic carbocycles. The number of fused-ring (bicyclic) bond motifs is 1. The summed E-state index contributed by atoms with van der Waals surface area (Å²) >= 11 is 0. The van der Waals surface area contributed by atoms with Gasteiger partial charge < -0.3 is 16.0 Å². The maximum atomic E-state index is 10.9. The number of primary amides is 1. The first-order valence-electron chi connectivity index (χ1n) is 4.55. The molecule has 2 amide bonds. The molecule has 2 fully saturated rings. The van der Waals surface area contributed by atoms with Crippen molar-refractivity contribution >= 4 is 6.03 Å². The van der Waals surface area contributed by atoms with E-state index in [1.807, 2.05) is 0 Å². The minimum atomic E-state index is -0.264. The van der Waals surface area contributed by atoms with Gasteiger partial charge in [0.25, 0.3) is 0 Å². The molecule has 0 saturated carbocycles. The fraction of sp³-hybridized carbons (Fsp3) is 0.875. The van der Waals surface area contributed by atoms with Crippen molar-refractivity contribution in [3.63, 3.8) is 0 Å². The van der Waals surface area contributed by atoms with Crippen molar-refractivity contribution in [3.8, 4) is 0 Å². The van der Waals surface area contributed by atoms with Gasteiger partial charge in [-0.25, -0.2) is 4.79 Å². The molecule has 2 saturated heterocycles. The van der Waals surface area contributed by atoms with E-state index in [9.17, 15) is 4.79 Å². The van der Waals surface area contributed by atoms with E-state index < -0.39 is 0 Å². The molecule has 68 valence electrons. The highest BCUT2D eigenvalue weighted by Gasteiger charge is 2.33. The van der Waals surface area contributed by atoms with Gasteiger partial charge in [-0.1, -0.05) is 0 Å². The average molecular weight is 169 g/mol. The van der Waals surface area contributed by atoms with Gasteiger partial charge in [-0.15, -0.1) is 0 Å². The van der Waals surface area contributed by atoms with E-state index in [0.29, 0.717) is 12.0 Å². The summed E-state index contributed by atoms with van der Waals surface area (Å²) in [5, 5.41) is 3.44. The standard InChI is InChI=1S/C8H15N3O/c9-8(12)11-4-2-7-6(5-11)1-3-10-7/h6-7,10H,1-5H2,(H2,9,12). The second kappa shape index (κ2) is 2.94. The van der Waals surface area contributed by atoms with Gasteiger partial charge in [-0.05, 0) is 25.3 Å². The Labute approximate surface area is 72.1 Å². The molecular formula is C8H15N3O. The number of rotatable bonds is 0. The number of amides is 2. The topological polar surface area (TPSA) is 58.4 Å². The fourth-order valence-electron chi connectivity index (χ4n) is 2.25. The molecule has 0 spiro atoms. The minimum Gasteiger partial charge on any atom is -0.351 e. The zero-order chi connectivity index (χ0) is 8.55. The summed E-state index contributed by atoms with van der Waals surface area (Å²) in [7, 11) is 0. The van der Waals surface area contributed by atoms with Crippen LogP contribution in [0.2, 0.25) is 0 Å². The molecule has 2 aliphatic rings. The summed E-state index contributed by atoms with van der Waals surface area (Å²) in [5.41, 5.74) is 5.22. The molecule has 4 nitrogen and oxygen atoms in total. The van der Waals surface area contributed by atoms with Crippen LogP contribution >= 0.6 is 0 Å². The molecule has 0 radical (unpaired) electrons. The number of piperidine rings is 1. The number of nitrogens with two attached hydrogens (primary N) is 1. The van der Waals surface area contributed by atoms with Crippen LogP contribution in [0, 0.1) is 5.92 Å². The largest absolute Gasteiger partial charge is 0.351 e. The van der Waals surface area contributed by atoms with Crippen LogP contribution in [0.15, 0.2) is 0 Å². The lowest BCUT2D eigenvalue weighted by molar-refractivity contribution is 0.167. The summed E-state index contributed by atoms with van der Waals surface area (Å²) in [6.45, 7) is 2.78. The van der Waals surface area contributed by atoms with Crippen LogP contribution in [0.4, 0.5) is 4.79 Å². The number of likely N-dealkylation sites (tertiary alicyclic amines) is 1. The molecule has 4 heteroatoms. The van der Waals surface area contributed by atoms with Crippen molar-refractivity contribution in [3.05, 3.63) is 0 Å². The van der Waals surface area contributed by atoms with Crippen molar-refractivity contribution in [1.29, 1.82) is 0 Å². The highest BCUT2D eigenvalue weighted by atomic mass is 16.2. The molecule has 12 heavy (non-hydrogen) atoms. The lowest BCUT2D eigenvalue weighted by Crippen LogP contribution is -2.48. The van der Waals surface area contributed by atoms with Crippen molar-refractivity contribution in [2.24, 2.45) is 11.7 Å². The predicted octanol–water partition coefficient (Wildman–Crippen LogP) is -0.251. The van der Waals surface area contributed by atoms with E-state index in [1.54, 1.807) is 4.90 Å². The normalized spacial score (nSPS) is 34.8. The molecule has 0 aromatic carbocycles. The van der Waals surface area contributed by atoms with Crippen molar-refractivity contribution < 1.29 is 4.79 Å². The Morgan fingerprint density at radius 3 is 3.08 bits per heavy atom. The Morgan fingerprint density at radius 1 is 1.50 bits per heavy atom. The number of hydrogen-bond acceptors (Lipinski definition) is 2. The van der Waals surface area contributed by atoms with Crippen molar-refractivity contribution in [2.45, 2.75) is 18.9 Å². The maximum absolute atomic E-state index is 10.9. The Bertz CT molecular complexity index is 195. The van der Waals surface area contributed by atoms with Gasteiger partial charge in [0, 0.05) is 19.1 Å². The van der Waals surface area contributed by atoms with Crippen LogP contribution in [0.25, 0.3) is 0 Å². The summed E-state index contributed by atoms with van der Waals surface area (Å²) in [6.07, 6.45) is 2.25. The summed E-state index contributed by atoms with van der Waals surface area (Å²) < 4.78 is 0. The van der Waals surface area contributed by atoms with E-state index in [-0.39, 0.29) is 6.03 Å². The third-order valence-corrected chi connectivity index (χ3v) is 2.97. The summed E-state index contributed by atoms with van der Waals surface area (Å²) in [5.74, 6) is 0.645. The fourth-order valence-corrected chi connectivity index (χ4v) is 2.25. The molecule has 0 bridgehead atoms. The van der Waals surface area contributed by atoms with Crippen LogP contribution in [0.1, 0.15) is 12.8 Å². The second-order valence-corrected chi connectivity index (χ2v) is 3.68. The zero-order valence-electron chi connectivity index (χ0n) is 7.12. The number of nitrogens with one attached hydrogen (secondary N) is 1. The van der Waals surface area contributed by atoms with Gasteiger partial charge in [0.1, 0.15) is 0 Å². The van der Waals surface area contributed by atoms with Gasteiger partial charge in [0.15, 0.2) is 0 Å². The van der Waals surface area contributed by atoms with Gasteiger partial charge in [-0.3, -0.25) is 0 Å². The first-order chi connectivity index (χ1) is 5.77. The molecule has 3 N–H and O–H groups in total. The minimum absolute atomic E-state index is 0.264. The third-order valence-electron chi connectivity index (χ3n) is 2.97. The molecular weight excluding hydrogens is 154 g/mol. The molecule has 2 aliphatic heterocycles. The third kappa shape index (κ3) is 1.27. The average Bonchev–Trinajstić information content (AvgIpc) is 2.49. The highest BCUT2D eigenvalue weighted by molar-refractivity contribution is 5.72. The SMILES string of the molecule is NC(=O)N1CCC2NCCC2C1. The van der Waals surface area contributed by atoms with E-state index in [1.165, 1.54) is 6.42 Å². The lowest BCUT2D eigenvalue weighted by Gasteiger charge is -2.33. The van der Waals surface area contributed by atoms with Crippen LogP contribution in [0.5, 0.6) is 0 Å². The number of urea groups is 1. The van der Waals surface area contributed by atoms with Gasteiger partial charge >= 0.3 is 6.03 Å².